The van der Waals surface area contributed by atoms with Crippen LogP contribution in [0.25, 0.3) is 11.3 Å². The van der Waals surface area contributed by atoms with Crippen molar-refractivity contribution in [1.82, 2.24) is 30.2 Å². The summed E-state index contributed by atoms with van der Waals surface area (Å²) >= 11 is 12.5. The molecule has 3 fully saturated rings. The SMILES string of the molecule is CC(=O)N1CCc2c(c(-c3ccc(Cl)c(Cl)c3)nn2CC(O)CC2CNCCC2N2C(=O)NC3CCCCC32)C1. The maximum atomic E-state index is 13.1. The monoisotopic (exact) mass is 588 g/mol. The first-order valence-corrected chi connectivity index (χ1v) is 15.3. The fraction of sp³-hybridized carbons (Fsp3) is 0.621. The highest BCUT2D eigenvalue weighted by Gasteiger charge is 2.46. The predicted octanol–water partition coefficient (Wildman–Crippen LogP) is 3.83. The van der Waals surface area contributed by atoms with E-state index in [1.807, 2.05) is 15.6 Å². The number of hydrogen-bond donors (Lipinski definition) is 3. The minimum absolute atomic E-state index is 0.0283. The number of rotatable bonds is 6. The van der Waals surface area contributed by atoms with E-state index in [0.29, 0.717) is 42.5 Å². The molecule has 0 spiro atoms. The number of halogens is 2. The fourth-order valence-corrected chi connectivity index (χ4v) is 7.62. The summed E-state index contributed by atoms with van der Waals surface area (Å²) in [5.74, 6) is 0.185. The average molecular weight is 590 g/mol. The van der Waals surface area contributed by atoms with Gasteiger partial charge in [-0.1, -0.05) is 42.1 Å². The molecule has 2 saturated heterocycles. The summed E-state index contributed by atoms with van der Waals surface area (Å²) in [5, 5.41) is 24.0. The molecule has 1 aromatic carbocycles. The minimum atomic E-state index is -0.628. The van der Waals surface area contributed by atoms with Crippen molar-refractivity contribution < 1.29 is 14.7 Å². The van der Waals surface area contributed by atoms with Gasteiger partial charge in [-0.05, 0) is 50.3 Å². The molecule has 4 heterocycles. The molecule has 2 aromatic rings. The van der Waals surface area contributed by atoms with Crippen LogP contribution in [0.2, 0.25) is 10.0 Å². The molecule has 0 bridgehead atoms. The van der Waals surface area contributed by atoms with Gasteiger partial charge in [0.15, 0.2) is 0 Å². The van der Waals surface area contributed by atoms with Crippen LogP contribution in [0, 0.1) is 5.92 Å². The Hall–Kier alpha value is -2.33. The van der Waals surface area contributed by atoms with Crippen molar-refractivity contribution in [3.63, 3.8) is 0 Å². The molecule has 11 heteroatoms. The number of aliphatic hydroxyl groups excluding tert-OH is 1. The second-order valence-electron chi connectivity index (χ2n) is 11.8. The Labute approximate surface area is 245 Å². The molecule has 216 valence electrons. The maximum Gasteiger partial charge on any atom is 0.318 e. The van der Waals surface area contributed by atoms with E-state index in [1.165, 1.54) is 6.42 Å². The Balaban J connectivity index is 1.23. The Morgan fingerprint density at radius 3 is 2.80 bits per heavy atom. The van der Waals surface area contributed by atoms with Gasteiger partial charge in [-0.15, -0.1) is 0 Å². The molecule has 40 heavy (non-hydrogen) atoms. The van der Waals surface area contributed by atoms with Gasteiger partial charge in [0.05, 0.1) is 40.5 Å². The van der Waals surface area contributed by atoms with E-state index in [0.717, 1.165) is 61.3 Å². The quantitative estimate of drug-likeness (QED) is 0.476. The molecule has 3 N–H and O–H groups in total. The average Bonchev–Trinajstić information content (AvgIpc) is 3.47. The third kappa shape index (κ3) is 5.33. The number of fused-ring (bicyclic) bond motifs is 2. The molecule has 4 aliphatic rings. The van der Waals surface area contributed by atoms with Crippen molar-refractivity contribution in [2.24, 2.45) is 5.92 Å². The van der Waals surface area contributed by atoms with E-state index >= 15 is 0 Å². The van der Waals surface area contributed by atoms with Crippen LogP contribution in [0.1, 0.15) is 56.7 Å². The van der Waals surface area contributed by atoms with Gasteiger partial charge in [0.1, 0.15) is 0 Å². The van der Waals surface area contributed by atoms with Crippen molar-refractivity contribution >= 4 is 35.1 Å². The van der Waals surface area contributed by atoms with Gasteiger partial charge in [0.2, 0.25) is 5.91 Å². The lowest BCUT2D eigenvalue weighted by Crippen LogP contribution is -2.54. The van der Waals surface area contributed by atoms with Gasteiger partial charge in [0, 0.05) is 55.8 Å². The number of piperidine rings is 1. The van der Waals surface area contributed by atoms with Crippen LogP contribution < -0.4 is 10.6 Å². The van der Waals surface area contributed by atoms with Crippen molar-refractivity contribution in [1.29, 1.82) is 0 Å². The van der Waals surface area contributed by atoms with E-state index < -0.39 is 6.10 Å². The summed E-state index contributed by atoms with van der Waals surface area (Å²) < 4.78 is 1.92. The molecule has 6 rings (SSSR count). The Bertz CT molecular complexity index is 1280. The van der Waals surface area contributed by atoms with Gasteiger partial charge in [0.25, 0.3) is 0 Å². The molecular formula is C29H38Cl2N6O3. The Morgan fingerprint density at radius 1 is 1.18 bits per heavy atom. The number of nitrogens with one attached hydrogen (secondary N) is 2. The van der Waals surface area contributed by atoms with E-state index in [4.69, 9.17) is 28.3 Å². The number of nitrogens with zero attached hydrogens (tertiary/aromatic N) is 4. The molecule has 1 saturated carbocycles. The van der Waals surface area contributed by atoms with Crippen LogP contribution in [-0.2, 0) is 24.3 Å². The summed E-state index contributed by atoms with van der Waals surface area (Å²) in [5.41, 5.74) is 3.63. The molecule has 1 aliphatic carbocycles. The number of hydrogen-bond acceptors (Lipinski definition) is 5. The first kappa shape index (κ1) is 27.8. The molecular weight excluding hydrogens is 551 g/mol. The highest BCUT2D eigenvalue weighted by atomic mass is 35.5. The van der Waals surface area contributed by atoms with Crippen LogP contribution in [-0.4, -0.2) is 80.5 Å². The highest BCUT2D eigenvalue weighted by Crippen LogP contribution is 2.36. The smallest absolute Gasteiger partial charge is 0.318 e. The largest absolute Gasteiger partial charge is 0.391 e. The van der Waals surface area contributed by atoms with E-state index in [-0.39, 0.29) is 36.0 Å². The van der Waals surface area contributed by atoms with Gasteiger partial charge in [-0.3, -0.25) is 9.48 Å². The lowest BCUT2D eigenvalue weighted by Gasteiger charge is -2.42. The summed E-state index contributed by atoms with van der Waals surface area (Å²) in [4.78, 5) is 29.2. The number of aromatic nitrogens is 2. The summed E-state index contributed by atoms with van der Waals surface area (Å²) in [6.07, 6.45) is 5.96. The normalized spacial score (nSPS) is 27.2. The third-order valence-corrected chi connectivity index (χ3v) is 10.0. The number of aliphatic hydroxyl groups is 1. The van der Waals surface area contributed by atoms with Crippen LogP contribution >= 0.6 is 23.2 Å². The van der Waals surface area contributed by atoms with Gasteiger partial charge in [-0.2, -0.15) is 5.10 Å². The maximum absolute atomic E-state index is 13.1. The van der Waals surface area contributed by atoms with Crippen molar-refractivity contribution in [3.05, 3.63) is 39.5 Å². The second-order valence-corrected chi connectivity index (χ2v) is 12.6. The molecule has 5 unspecified atom stereocenters. The minimum Gasteiger partial charge on any atom is -0.391 e. The molecule has 1 aromatic heterocycles. The second kappa shape index (κ2) is 11.5. The summed E-state index contributed by atoms with van der Waals surface area (Å²) in [6, 6.07) is 6.15. The lowest BCUT2D eigenvalue weighted by molar-refractivity contribution is -0.129. The van der Waals surface area contributed by atoms with Gasteiger partial charge < -0.3 is 25.5 Å². The Morgan fingerprint density at radius 2 is 2.00 bits per heavy atom. The highest BCUT2D eigenvalue weighted by molar-refractivity contribution is 6.42. The van der Waals surface area contributed by atoms with E-state index in [1.54, 1.807) is 19.1 Å². The van der Waals surface area contributed by atoms with Crippen LogP contribution in [0.3, 0.4) is 0 Å². The van der Waals surface area contributed by atoms with Gasteiger partial charge in [-0.25, -0.2) is 4.79 Å². The van der Waals surface area contributed by atoms with Crippen molar-refractivity contribution in [2.45, 2.75) is 89.2 Å². The van der Waals surface area contributed by atoms with E-state index in [2.05, 4.69) is 15.5 Å². The number of carbonyl (C=O) groups is 2. The number of benzene rings is 1. The zero-order chi connectivity index (χ0) is 28.0. The lowest BCUT2D eigenvalue weighted by atomic mass is 9.84. The molecule has 0 radical (unpaired) electrons. The fourth-order valence-electron chi connectivity index (χ4n) is 7.32. The van der Waals surface area contributed by atoms with Crippen molar-refractivity contribution in [3.8, 4) is 11.3 Å². The zero-order valence-corrected chi connectivity index (χ0v) is 24.4. The zero-order valence-electron chi connectivity index (χ0n) is 22.9. The molecule has 3 amide bonds. The van der Waals surface area contributed by atoms with Crippen molar-refractivity contribution in [2.75, 3.05) is 19.6 Å². The molecule has 3 aliphatic heterocycles. The number of urea groups is 1. The van der Waals surface area contributed by atoms with Crippen LogP contribution in [0.4, 0.5) is 4.79 Å². The Kier molecular flexibility index (Phi) is 8.00. The first-order valence-electron chi connectivity index (χ1n) is 14.6. The topological polar surface area (TPSA) is 103 Å². The standard InChI is InChI=1S/C29H38Cl2N6O3/c1-17(38)35-11-9-26-21(16-35)28(18-6-7-22(30)23(31)13-18)34-36(26)15-20(39)12-19-14-32-10-8-25(19)37-27-5-3-2-4-24(27)33-29(37)40/h6-7,13,19-20,24-25,27,32,39H,2-5,8-12,14-16H2,1H3,(H,33,40). The summed E-state index contributed by atoms with van der Waals surface area (Å²) in [7, 11) is 0. The van der Waals surface area contributed by atoms with E-state index in [9.17, 15) is 14.7 Å². The number of carbonyl (C=O) groups excluding carboxylic acids is 2. The van der Waals surface area contributed by atoms with Crippen LogP contribution in [0.15, 0.2) is 18.2 Å². The predicted molar refractivity (Wildman–Crippen MR) is 154 cm³/mol. The first-order chi connectivity index (χ1) is 19.3. The van der Waals surface area contributed by atoms with Gasteiger partial charge >= 0.3 is 6.03 Å². The molecule has 5 atom stereocenters. The molecule has 9 nitrogen and oxygen atoms in total. The van der Waals surface area contributed by atoms with Crippen LogP contribution in [0.5, 0.6) is 0 Å². The third-order valence-electron chi connectivity index (χ3n) is 9.29. The number of amides is 3. The summed E-state index contributed by atoms with van der Waals surface area (Å²) in [6.45, 7) is 4.69.